The van der Waals surface area contributed by atoms with Crippen molar-refractivity contribution in [1.29, 1.82) is 0 Å². The van der Waals surface area contributed by atoms with Gasteiger partial charge in [0, 0.05) is 11.1 Å². The Morgan fingerprint density at radius 1 is 0.636 bits per heavy atom. The summed E-state index contributed by atoms with van der Waals surface area (Å²) < 4.78 is 0. The first-order chi connectivity index (χ1) is 16.3. The first-order valence-corrected chi connectivity index (χ1v) is 11.5. The molecule has 0 heterocycles. The van der Waals surface area contributed by atoms with Crippen molar-refractivity contribution in [1.82, 2.24) is 0 Å². The van der Waals surface area contributed by atoms with Crippen LogP contribution in [0.5, 0.6) is 0 Å². The van der Waals surface area contributed by atoms with Crippen LogP contribution >= 0.6 is 0 Å². The number of aliphatic hydroxyl groups is 1. The van der Waals surface area contributed by atoms with Crippen molar-refractivity contribution in [3.63, 3.8) is 0 Å². The predicted molar refractivity (Wildman–Crippen MR) is 138 cm³/mol. The van der Waals surface area contributed by atoms with Crippen LogP contribution in [0.4, 0.5) is 0 Å². The van der Waals surface area contributed by atoms with Crippen molar-refractivity contribution in [2.75, 3.05) is 0 Å². The quantitative estimate of drug-likeness (QED) is 0.228. The molecule has 0 unspecified atom stereocenters. The summed E-state index contributed by atoms with van der Waals surface area (Å²) in [6.45, 7) is 0. The third-order valence-corrected chi connectivity index (χ3v) is 6.70. The molecule has 2 aliphatic rings. The fraction of sp³-hybridized carbons (Fsp3) is 0.0625. The minimum Gasteiger partial charge on any atom is -0.507 e. The van der Waals surface area contributed by atoms with Gasteiger partial charge in [-0.2, -0.15) is 0 Å². The van der Waals surface area contributed by atoms with Gasteiger partial charge in [-0.25, -0.2) is 0 Å². The second-order valence-corrected chi connectivity index (χ2v) is 8.63. The Kier molecular flexibility index (Phi) is 4.81. The number of hydrogen-bond donors (Lipinski definition) is 1. The van der Waals surface area contributed by atoms with Crippen molar-refractivity contribution >= 4 is 16.9 Å². The highest BCUT2D eigenvalue weighted by molar-refractivity contribution is 6.00. The SMILES string of the molecule is OC(=C(c1ccccc1)c1ccccc1)c1c(C2=CC=CC2)ccc2c1Cc1ccccc1-2. The highest BCUT2D eigenvalue weighted by Gasteiger charge is 2.27. The standard InChI is InChI=1S/C32H24O/c33-32(30(23-13-3-1-4-14-23)24-15-5-2-6-16-24)31-27(22-11-7-8-12-22)19-20-28-26-18-10-9-17-25(26)21-29(28)31/h1-11,13-20,33H,12,21H2. The largest absolute Gasteiger partial charge is 0.507 e. The lowest BCUT2D eigenvalue weighted by atomic mass is 9.86. The van der Waals surface area contributed by atoms with Crippen molar-refractivity contribution in [3.05, 3.63) is 149 Å². The summed E-state index contributed by atoms with van der Waals surface area (Å²) in [5, 5.41) is 12.1. The molecule has 0 bridgehead atoms. The van der Waals surface area contributed by atoms with Crippen LogP contribution in [0.2, 0.25) is 0 Å². The Balaban J connectivity index is 1.67. The lowest BCUT2D eigenvalue weighted by Gasteiger charge is -2.19. The smallest absolute Gasteiger partial charge is 0.132 e. The van der Waals surface area contributed by atoms with Crippen LogP contribution in [-0.4, -0.2) is 5.11 Å². The van der Waals surface area contributed by atoms with Gasteiger partial charge < -0.3 is 5.11 Å². The molecule has 0 fully saturated rings. The van der Waals surface area contributed by atoms with Gasteiger partial charge in [-0.05, 0) is 57.4 Å². The lowest BCUT2D eigenvalue weighted by molar-refractivity contribution is 0.513. The average Bonchev–Trinajstić information content (AvgIpc) is 3.53. The molecule has 0 saturated heterocycles. The molecular formula is C32H24O. The van der Waals surface area contributed by atoms with E-state index in [0.717, 1.165) is 40.7 Å². The molecule has 0 radical (unpaired) electrons. The highest BCUT2D eigenvalue weighted by atomic mass is 16.3. The molecule has 33 heavy (non-hydrogen) atoms. The van der Waals surface area contributed by atoms with Crippen molar-refractivity contribution in [2.24, 2.45) is 0 Å². The number of hydrogen-bond acceptors (Lipinski definition) is 1. The van der Waals surface area contributed by atoms with Crippen LogP contribution in [0.1, 0.15) is 39.8 Å². The van der Waals surface area contributed by atoms with E-state index in [4.69, 9.17) is 0 Å². The maximum absolute atomic E-state index is 12.1. The van der Waals surface area contributed by atoms with Crippen LogP contribution in [0.15, 0.2) is 115 Å². The molecule has 0 amide bonds. The molecule has 0 atom stereocenters. The molecule has 158 valence electrons. The average molecular weight is 425 g/mol. The summed E-state index contributed by atoms with van der Waals surface area (Å²) in [5.74, 6) is 0.347. The van der Waals surface area contributed by atoms with E-state index < -0.39 is 0 Å². The summed E-state index contributed by atoms with van der Waals surface area (Å²) in [5.41, 5.74) is 11.2. The summed E-state index contributed by atoms with van der Waals surface area (Å²) >= 11 is 0. The molecule has 2 aliphatic carbocycles. The van der Waals surface area contributed by atoms with E-state index in [1.807, 2.05) is 36.4 Å². The fourth-order valence-corrected chi connectivity index (χ4v) is 5.17. The van der Waals surface area contributed by atoms with Gasteiger partial charge in [0.05, 0.1) is 0 Å². The summed E-state index contributed by atoms with van der Waals surface area (Å²) in [6.07, 6.45) is 8.17. The molecule has 1 heteroatoms. The number of aliphatic hydroxyl groups excluding tert-OH is 1. The van der Waals surface area contributed by atoms with E-state index in [0.29, 0.717) is 5.76 Å². The molecule has 0 aromatic heterocycles. The van der Waals surface area contributed by atoms with Crippen LogP contribution in [0.3, 0.4) is 0 Å². The Morgan fingerprint density at radius 3 is 1.94 bits per heavy atom. The Morgan fingerprint density at radius 2 is 1.27 bits per heavy atom. The molecule has 4 aromatic rings. The van der Waals surface area contributed by atoms with Gasteiger partial charge >= 0.3 is 0 Å². The van der Waals surface area contributed by atoms with Crippen LogP contribution in [0.25, 0.3) is 28.0 Å². The first kappa shape index (κ1) is 19.6. The molecule has 0 spiro atoms. The predicted octanol–water partition coefficient (Wildman–Crippen LogP) is 8.08. The second-order valence-electron chi connectivity index (χ2n) is 8.63. The van der Waals surface area contributed by atoms with Crippen molar-refractivity contribution in [3.8, 4) is 11.1 Å². The van der Waals surface area contributed by atoms with Crippen LogP contribution in [-0.2, 0) is 6.42 Å². The topological polar surface area (TPSA) is 20.2 Å². The van der Waals surface area contributed by atoms with E-state index in [-0.39, 0.29) is 0 Å². The zero-order valence-electron chi connectivity index (χ0n) is 18.3. The van der Waals surface area contributed by atoms with Gasteiger partial charge in [-0.3, -0.25) is 0 Å². The Bertz CT molecular complexity index is 1400. The number of benzene rings is 4. The monoisotopic (exact) mass is 424 g/mol. The van der Waals surface area contributed by atoms with Gasteiger partial charge in [0.25, 0.3) is 0 Å². The lowest BCUT2D eigenvalue weighted by Crippen LogP contribution is -2.02. The van der Waals surface area contributed by atoms with E-state index in [9.17, 15) is 5.11 Å². The molecule has 6 rings (SSSR count). The van der Waals surface area contributed by atoms with E-state index in [2.05, 4.69) is 78.9 Å². The van der Waals surface area contributed by atoms with Gasteiger partial charge in [0.15, 0.2) is 0 Å². The maximum atomic E-state index is 12.1. The Hall–Kier alpha value is -4.10. The summed E-state index contributed by atoms with van der Waals surface area (Å²) in [6, 6.07) is 33.5. The second kappa shape index (κ2) is 8.11. The van der Waals surface area contributed by atoms with E-state index in [1.54, 1.807) is 0 Å². The van der Waals surface area contributed by atoms with Gasteiger partial charge in [-0.1, -0.05) is 115 Å². The first-order valence-electron chi connectivity index (χ1n) is 11.5. The van der Waals surface area contributed by atoms with E-state index >= 15 is 0 Å². The zero-order chi connectivity index (χ0) is 22.2. The fourth-order valence-electron chi connectivity index (χ4n) is 5.17. The minimum absolute atomic E-state index is 0.347. The zero-order valence-corrected chi connectivity index (χ0v) is 18.3. The third-order valence-electron chi connectivity index (χ3n) is 6.70. The minimum atomic E-state index is 0.347. The number of fused-ring (bicyclic) bond motifs is 3. The van der Waals surface area contributed by atoms with E-state index in [1.165, 1.54) is 27.8 Å². The normalized spacial score (nSPS) is 13.4. The summed E-state index contributed by atoms with van der Waals surface area (Å²) in [4.78, 5) is 0. The molecule has 1 nitrogen and oxygen atoms in total. The maximum Gasteiger partial charge on any atom is 0.132 e. The van der Waals surface area contributed by atoms with Gasteiger partial charge in [-0.15, -0.1) is 0 Å². The highest BCUT2D eigenvalue weighted by Crippen LogP contribution is 2.45. The number of allylic oxidation sites excluding steroid dienone is 4. The van der Waals surface area contributed by atoms with Crippen LogP contribution in [0, 0.1) is 0 Å². The molecule has 4 aromatic carbocycles. The third kappa shape index (κ3) is 3.34. The van der Waals surface area contributed by atoms with Crippen molar-refractivity contribution < 1.29 is 5.11 Å². The molecule has 1 N–H and O–H groups in total. The van der Waals surface area contributed by atoms with Gasteiger partial charge in [0.1, 0.15) is 5.76 Å². The number of rotatable bonds is 4. The summed E-state index contributed by atoms with van der Waals surface area (Å²) in [7, 11) is 0. The molecule has 0 aliphatic heterocycles. The van der Waals surface area contributed by atoms with Gasteiger partial charge in [0.2, 0.25) is 0 Å². The van der Waals surface area contributed by atoms with Crippen molar-refractivity contribution in [2.45, 2.75) is 12.8 Å². The van der Waals surface area contributed by atoms with Crippen LogP contribution < -0.4 is 0 Å². The Labute approximate surface area is 194 Å². The molecule has 0 saturated carbocycles. The molecular weight excluding hydrogens is 400 g/mol.